The predicted molar refractivity (Wildman–Crippen MR) is 151 cm³/mol. The second kappa shape index (κ2) is 10.2. The monoisotopic (exact) mass is 553 g/mol. The van der Waals surface area contributed by atoms with Crippen LogP contribution in [0.15, 0.2) is 35.3 Å². The lowest BCUT2D eigenvalue weighted by atomic mass is 10.0. The van der Waals surface area contributed by atoms with Crippen molar-refractivity contribution in [1.29, 1.82) is 0 Å². The van der Waals surface area contributed by atoms with Gasteiger partial charge in [0.25, 0.3) is 5.56 Å². The molecule has 0 unspecified atom stereocenters. The molecule has 1 atom stereocenters. The van der Waals surface area contributed by atoms with E-state index in [4.69, 9.17) is 16.6 Å². The van der Waals surface area contributed by atoms with E-state index in [0.29, 0.717) is 22.5 Å². The maximum atomic E-state index is 13.5. The number of aromatic nitrogens is 4. The highest BCUT2D eigenvalue weighted by Crippen LogP contribution is 2.30. The number of carbonyl (C=O) groups is 1. The van der Waals surface area contributed by atoms with Crippen LogP contribution in [-0.4, -0.2) is 56.8 Å². The minimum Gasteiger partial charge on any atom is -0.476 e. The minimum absolute atomic E-state index is 0.0991. The molecule has 1 saturated heterocycles. The molecule has 1 aliphatic heterocycles. The molecule has 0 spiro atoms. The van der Waals surface area contributed by atoms with Gasteiger partial charge in [0.2, 0.25) is 5.95 Å². The molecular formula is C26H28ClN7O3S. The van der Waals surface area contributed by atoms with Gasteiger partial charge < -0.3 is 20.2 Å². The van der Waals surface area contributed by atoms with E-state index in [1.165, 1.54) is 6.07 Å². The Hall–Kier alpha value is -3.70. The van der Waals surface area contributed by atoms with Crippen molar-refractivity contribution >= 4 is 56.4 Å². The van der Waals surface area contributed by atoms with E-state index < -0.39 is 5.97 Å². The van der Waals surface area contributed by atoms with Crippen LogP contribution in [0.5, 0.6) is 0 Å². The number of hydrogen-bond acceptors (Lipinski definition) is 9. The highest BCUT2D eigenvalue weighted by molar-refractivity contribution is 7.15. The Kier molecular flexibility index (Phi) is 6.97. The number of halogens is 1. The number of carboxylic acid groups (broad SMARTS) is 1. The molecule has 0 radical (unpaired) electrons. The third-order valence-corrected chi connectivity index (χ3v) is 7.90. The van der Waals surface area contributed by atoms with Crippen molar-refractivity contribution in [2.75, 3.05) is 41.3 Å². The van der Waals surface area contributed by atoms with Gasteiger partial charge in [-0.05, 0) is 44.5 Å². The van der Waals surface area contributed by atoms with Gasteiger partial charge in [0.15, 0.2) is 5.69 Å². The topological polar surface area (TPSA) is 116 Å². The van der Waals surface area contributed by atoms with Gasteiger partial charge in [0.1, 0.15) is 10.2 Å². The number of hydrogen-bond donors (Lipinski definition) is 2. The van der Waals surface area contributed by atoms with Gasteiger partial charge in [0, 0.05) is 38.8 Å². The van der Waals surface area contributed by atoms with Crippen molar-refractivity contribution in [2.24, 2.45) is 7.05 Å². The quantitative estimate of drug-likeness (QED) is 0.338. The summed E-state index contributed by atoms with van der Waals surface area (Å²) >= 11 is 7.60. The molecule has 198 valence electrons. The van der Waals surface area contributed by atoms with Crippen LogP contribution in [0.2, 0.25) is 5.15 Å². The summed E-state index contributed by atoms with van der Waals surface area (Å²) < 4.78 is 1.61. The number of thiazole rings is 1. The van der Waals surface area contributed by atoms with Gasteiger partial charge in [-0.1, -0.05) is 17.7 Å². The van der Waals surface area contributed by atoms with Crippen LogP contribution in [0, 0.1) is 13.8 Å². The molecule has 10 nitrogen and oxygen atoms in total. The van der Waals surface area contributed by atoms with Gasteiger partial charge in [-0.25, -0.2) is 19.7 Å². The second-order valence-corrected chi connectivity index (χ2v) is 11.0. The average Bonchev–Trinajstić information content (AvgIpc) is 3.33. The molecule has 0 amide bonds. The summed E-state index contributed by atoms with van der Waals surface area (Å²) in [5.41, 5.74) is 2.34. The molecule has 12 heteroatoms. The van der Waals surface area contributed by atoms with Crippen molar-refractivity contribution in [3.05, 3.63) is 67.8 Å². The van der Waals surface area contributed by atoms with E-state index in [2.05, 4.69) is 25.1 Å². The first-order chi connectivity index (χ1) is 18.1. The largest absolute Gasteiger partial charge is 0.476 e. The van der Waals surface area contributed by atoms with Gasteiger partial charge in [-0.15, -0.1) is 11.3 Å². The van der Waals surface area contributed by atoms with Crippen LogP contribution in [-0.2, 0) is 7.05 Å². The van der Waals surface area contributed by atoms with Crippen LogP contribution in [0.25, 0.3) is 10.9 Å². The molecule has 4 aromatic rings. The third kappa shape index (κ3) is 4.91. The Labute approximate surface area is 228 Å². The van der Waals surface area contributed by atoms with Gasteiger partial charge in [0.05, 0.1) is 33.8 Å². The average molecular weight is 554 g/mol. The summed E-state index contributed by atoms with van der Waals surface area (Å²) in [6.45, 7) is 8.87. The highest BCUT2D eigenvalue weighted by Gasteiger charge is 2.24. The molecule has 38 heavy (non-hydrogen) atoms. The first-order valence-corrected chi connectivity index (χ1v) is 13.4. The molecule has 1 aliphatic rings. The Morgan fingerprint density at radius 1 is 1.13 bits per heavy atom. The third-order valence-electron chi connectivity index (χ3n) is 6.72. The Morgan fingerprint density at radius 3 is 2.50 bits per heavy atom. The maximum absolute atomic E-state index is 13.5. The number of fused-ring (bicyclic) bond motifs is 1. The molecule has 1 aromatic carbocycles. The van der Waals surface area contributed by atoms with Crippen molar-refractivity contribution in [3.8, 4) is 0 Å². The number of anilines is 3. The van der Waals surface area contributed by atoms with Crippen molar-refractivity contribution < 1.29 is 9.90 Å². The SMILES string of the molecule is Cc1cc([C@@H](C)Nc2ccc(Cl)nc2C(=O)O)c2nc(N3CCN(c4cnc(C)s4)CC3)n(C)c(=O)c2c1. The summed E-state index contributed by atoms with van der Waals surface area (Å²) in [5.74, 6) is -0.572. The van der Waals surface area contributed by atoms with Gasteiger partial charge in [-0.3, -0.25) is 9.36 Å². The molecule has 0 bridgehead atoms. The van der Waals surface area contributed by atoms with Crippen molar-refractivity contribution in [3.63, 3.8) is 0 Å². The van der Waals surface area contributed by atoms with E-state index >= 15 is 0 Å². The highest BCUT2D eigenvalue weighted by atomic mass is 35.5. The number of nitrogens with zero attached hydrogens (tertiary/aromatic N) is 6. The minimum atomic E-state index is -1.18. The maximum Gasteiger partial charge on any atom is 0.356 e. The van der Waals surface area contributed by atoms with E-state index in [0.717, 1.165) is 47.3 Å². The Bertz CT molecular complexity index is 1590. The van der Waals surface area contributed by atoms with Crippen molar-refractivity contribution in [2.45, 2.75) is 26.8 Å². The predicted octanol–water partition coefficient (Wildman–Crippen LogP) is 4.25. The molecule has 0 saturated carbocycles. The zero-order valence-electron chi connectivity index (χ0n) is 21.5. The molecule has 1 fully saturated rings. The molecule has 5 rings (SSSR count). The number of pyridine rings is 1. The van der Waals surface area contributed by atoms with Crippen LogP contribution in [0.4, 0.5) is 16.6 Å². The molecule has 3 aromatic heterocycles. The first-order valence-electron chi connectivity index (χ1n) is 12.2. The Morgan fingerprint density at radius 2 is 1.84 bits per heavy atom. The summed E-state index contributed by atoms with van der Waals surface area (Å²) in [4.78, 5) is 43.0. The number of benzene rings is 1. The van der Waals surface area contributed by atoms with Crippen molar-refractivity contribution in [1.82, 2.24) is 19.5 Å². The number of aryl methyl sites for hydroxylation is 2. The van der Waals surface area contributed by atoms with E-state index in [1.807, 2.05) is 39.1 Å². The van der Waals surface area contributed by atoms with Crippen LogP contribution < -0.4 is 20.7 Å². The van der Waals surface area contributed by atoms with E-state index in [1.54, 1.807) is 29.0 Å². The number of aromatic carboxylic acids is 1. The summed E-state index contributed by atoms with van der Waals surface area (Å²) in [7, 11) is 1.76. The summed E-state index contributed by atoms with van der Waals surface area (Å²) in [6.07, 6.45) is 1.91. The molecular weight excluding hydrogens is 526 g/mol. The van der Waals surface area contributed by atoms with E-state index in [-0.39, 0.29) is 22.4 Å². The smallest absolute Gasteiger partial charge is 0.356 e. The fraction of sp³-hybridized carbons (Fsp3) is 0.346. The second-order valence-electron chi connectivity index (χ2n) is 9.42. The van der Waals surface area contributed by atoms with Gasteiger partial charge >= 0.3 is 5.97 Å². The molecule has 0 aliphatic carbocycles. The van der Waals surface area contributed by atoms with E-state index in [9.17, 15) is 14.7 Å². The molecule has 4 heterocycles. The summed E-state index contributed by atoms with van der Waals surface area (Å²) in [5, 5.41) is 15.6. The van der Waals surface area contributed by atoms with Gasteiger partial charge in [-0.2, -0.15) is 0 Å². The zero-order chi connectivity index (χ0) is 27.1. The normalized spacial score (nSPS) is 14.7. The number of piperazine rings is 1. The summed E-state index contributed by atoms with van der Waals surface area (Å²) in [6, 6.07) is 6.59. The number of nitrogens with one attached hydrogen (secondary N) is 1. The lowest BCUT2D eigenvalue weighted by Gasteiger charge is -2.36. The lowest BCUT2D eigenvalue weighted by Crippen LogP contribution is -2.48. The van der Waals surface area contributed by atoms with Crippen LogP contribution in [0.3, 0.4) is 0 Å². The fourth-order valence-electron chi connectivity index (χ4n) is 4.80. The first kappa shape index (κ1) is 25.9. The van der Waals surface area contributed by atoms with Crippen LogP contribution in [0.1, 0.15) is 39.6 Å². The lowest BCUT2D eigenvalue weighted by molar-refractivity contribution is 0.0691. The standard InChI is InChI=1S/C26H28ClN7O3S/c1-14-11-17(15(2)29-19-5-6-20(27)30-23(19)25(36)37)22-18(12-14)24(35)32(4)26(31-22)34-9-7-33(8-10-34)21-13-28-16(3)38-21/h5-6,11-13,15,29H,7-10H2,1-4H3,(H,36,37)/t15-/m1/s1. The number of rotatable bonds is 6. The fourth-order valence-corrected chi connectivity index (χ4v) is 5.78. The number of carboxylic acids is 1. The Balaban J connectivity index is 1.50. The molecule has 2 N–H and O–H groups in total. The zero-order valence-corrected chi connectivity index (χ0v) is 23.1. The van der Waals surface area contributed by atoms with Crippen LogP contribution >= 0.6 is 22.9 Å².